The van der Waals surface area contributed by atoms with Crippen LogP contribution in [0.4, 0.5) is 15.8 Å². The monoisotopic (exact) mass is 281 g/mol. The number of nitro benzene ring substituents is 1. The molecule has 1 N–H and O–H groups in total. The number of nitrogens with one attached hydrogen (secondary N) is 1. The van der Waals surface area contributed by atoms with Crippen molar-refractivity contribution >= 4 is 17.3 Å². The van der Waals surface area contributed by atoms with Gasteiger partial charge in [0.1, 0.15) is 17.5 Å². The highest BCUT2D eigenvalue weighted by Gasteiger charge is 2.25. The first-order valence-electron chi connectivity index (χ1n) is 6.48. The molecule has 1 aliphatic heterocycles. The summed E-state index contributed by atoms with van der Waals surface area (Å²) in [6.07, 6.45) is 1.96. The molecule has 0 aliphatic carbocycles. The van der Waals surface area contributed by atoms with E-state index in [1.807, 2.05) is 0 Å². The fourth-order valence-corrected chi connectivity index (χ4v) is 2.28. The van der Waals surface area contributed by atoms with E-state index in [0.717, 1.165) is 38.1 Å². The molecule has 20 heavy (non-hydrogen) atoms. The molecule has 7 heteroatoms. The van der Waals surface area contributed by atoms with E-state index in [1.165, 1.54) is 6.07 Å². The zero-order valence-electron chi connectivity index (χ0n) is 11.1. The largest absolute Gasteiger partial charge is 0.368 e. The van der Waals surface area contributed by atoms with Gasteiger partial charge in [-0.3, -0.25) is 14.9 Å². The SMILES string of the molecule is CC(Nc1ccc(F)cc1[N+](=O)[O-])C(=O)N1CCCC1. The smallest absolute Gasteiger partial charge is 0.295 e. The minimum Gasteiger partial charge on any atom is -0.368 e. The van der Waals surface area contributed by atoms with Gasteiger partial charge in [0.05, 0.1) is 11.0 Å². The van der Waals surface area contributed by atoms with Gasteiger partial charge in [-0.15, -0.1) is 0 Å². The highest BCUT2D eigenvalue weighted by molar-refractivity contribution is 5.85. The van der Waals surface area contributed by atoms with E-state index in [1.54, 1.807) is 11.8 Å². The average Bonchev–Trinajstić information content (AvgIpc) is 2.93. The summed E-state index contributed by atoms with van der Waals surface area (Å²) in [7, 11) is 0. The van der Waals surface area contributed by atoms with Crippen LogP contribution in [0.3, 0.4) is 0 Å². The maximum absolute atomic E-state index is 13.0. The summed E-state index contributed by atoms with van der Waals surface area (Å²) < 4.78 is 13.0. The number of likely N-dealkylation sites (tertiary alicyclic amines) is 1. The first-order chi connectivity index (χ1) is 9.49. The number of rotatable bonds is 4. The average molecular weight is 281 g/mol. The van der Waals surface area contributed by atoms with E-state index >= 15 is 0 Å². The lowest BCUT2D eigenvalue weighted by Crippen LogP contribution is -2.39. The van der Waals surface area contributed by atoms with Crippen molar-refractivity contribution in [3.8, 4) is 0 Å². The van der Waals surface area contributed by atoms with Crippen LogP contribution in [0, 0.1) is 15.9 Å². The molecule has 0 bridgehead atoms. The van der Waals surface area contributed by atoms with Crippen LogP contribution in [0.15, 0.2) is 18.2 Å². The molecule has 0 saturated carbocycles. The molecule has 2 rings (SSSR count). The van der Waals surface area contributed by atoms with Crippen molar-refractivity contribution in [3.05, 3.63) is 34.1 Å². The van der Waals surface area contributed by atoms with Crippen LogP contribution in [0.1, 0.15) is 19.8 Å². The van der Waals surface area contributed by atoms with Crippen LogP contribution in [0.2, 0.25) is 0 Å². The molecule has 1 atom stereocenters. The minimum absolute atomic E-state index is 0.0962. The van der Waals surface area contributed by atoms with Crippen molar-refractivity contribution in [2.24, 2.45) is 0 Å². The summed E-state index contributed by atoms with van der Waals surface area (Å²) in [5, 5.41) is 13.7. The molecule has 6 nitrogen and oxygen atoms in total. The zero-order chi connectivity index (χ0) is 14.7. The van der Waals surface area contributed by atoms with Gasteiger partial charge in [-0.05, 0) is 31.9 Å². The number of carbonyl (C=O) groups excluding carboxylic acids is 1. The third-order valence-corrected chi connectivity index (χ3v) is 3.32. The van der Waals surface area contributed by atoms with E-state index in [2.05, 4.69) is 5.32 Å². The molecule has 108 valence electrons. The number of carbonyl (C=O) groups is 1. The first-order valence-corrected chi connectivity index (χ1v) is 6.48. The van der Waals surface area contributed by atoms with Crippen LogP contribution in [-0.2, 0) is 4.79 Å². The second kappa shape index (κ2) is 5.85. The van der Waals surface area contributed by atoms with E-state index in [4.69, 9.17) is 0 Å². The van der Waals surface area contributed by atoms with E-state index in [9.17, 15) is 19.3 Å². The third-order valence-electron chi connectivity index (χ3n) is 3.32. The van der Waals surface area contributed by atoms with Crippen molar-refractivity contribution in [1.82, 2.24) is 4.90 Å². The number of nitrogens with zero attached hydrogens (tertiary/aromatic N) is 2. The molecule has 1 aliphatic rings. The highest BCUT2D eigenvalue weighted by Crippen LogP contribution is 2.26. The number of hydrogen-bond acceptors (Lipinski definition) is 4. The number of halogens is 1. The number of amides is 1. The Bertz CT molecular complexity index is 530. The Morgan fingerprint density at radius 2 is 2.10 bits per heavy atom. The van der Waals surface area contributed by atoms with Gasteiger partial charge in [0.2, 0.25) is 5.91 Å². The highest BCUT2D eigenvalue weighted by atomic mass is 19.1. The molecule has 1 unspecified atom stereocenters. The maximum Gasteiger partial charge on any atom is 0.295 e. The quantitative estimate of drug-likeness (QED) is 0.677. The molecule has 0 radical (unpaired) electrons. The predicted molar refractivity (Wildman–Crippen MR) is 72.0 cm³/mol. The van der Waals surface area contributed by atoms with E-state index < -0.39 is 16.8 Å². The summed E-state index contributed by atoms with van der Waals surface area (Å²) in [6, 6.07) is 2.66. The van der Waals surface area contributed by atoms with Crippen LogP contribution in [0.25, 0.3) is 0 Å². The van der Waals surface area contributed by atoms with Crippen molar-refractivity contribution in [2.75, 3.05) is 18.4 Å². The van der Waals surface area contributed by atoms with E-state index in [-0.39, 0.29) is 17.3 Å². The summed E-state index contributed by atoms with van der Waals surface area (Å²) in [6.45, 7) is 3.08. The Morgan fingerprint density at radius 3 is 2.70 bits per heavy atom. The zero-order valence-corrected chi connectivity index (χ0v) is 11.1. The van der Waals surface area contributed by atoms with Crippen molar-refractivity contribution in [3.63, 3.8) is 0 Å². The second-order valence-corrected chi connectivity index (χ2v) is 4.82. The Balaban J connectivity index is 2.12. The number of hydrogen-bond donors (Lipinski definition) is 1. The Labute approximate surface area is 115 Å². The molecule has 1 aromatic carbocycles. The van der Waals surface area contributed by atoms with Crippen LogP contribution in [0.5, 0.6) is 0 Å². The van der Waals surface area contributed by atoms with Crippen LogP contribution < -0.4 is 5.32 Å². The Kier molecular flexibility index (Phi) is 4.16. The van der Waals surface area contributed by atoms with E-state index in [0.29, 0.717) is 0 Å². The van der Waals surface area contributed by atoms with Gasteiger partial charge >= 0.3 is 0 Å². The molecule has 1 saturated heterocycles. The number of anilines is 1. The third kappa shape index (κ3) is 3.04. The van der Waals surface area contributed by atoms with Gasteiger partial charge in [-0.2, -0.15) is 0 Å². The molecule has 0 aromatic heterocycles. The van der Waals surface area contributed by atoms with Gasteiger partial charge in [-0.25, -0.2) is 4.39 Å². The number of nitro groups is 1. The fraction of sp³-hybridized carbons (Fsp3) is 0.462. The lowest BCUT2D eigenvalue weighted by atomic mass is 10.2. The molecule has 1 fully saturated rings. The lowest BCUT2D eigenvalue weighted by Gasteiger charge is -2.21. The molecule has 1 heterocycles. The van der Waals surface area contributed by atoms with Gasteiger partial charge in [0.15, 0.2) is 0 Å². The molecule has 0 spiro atoms. The van der Waals surface area contributed by atoms with Crippen LogP contribution in [-0.4, -0.2) is 34.9 Å². The summed E-state index contributed by atoms with van der Waals surface area (Å²) in [4.78, 5) is 24.1. The van der Waals surface area contributed by atoms with Crippen molar-refractivity contribution in [2.45, 2.75) is 25.8 Å². The molecular formula is C13H16FN3O3. The topological polar surface area (TPSA) is 75.5 Å². The van der Waals surface area contributed by atoms with Gasteiger partial charge in [0, 0.05) is 13.1 Å². The van der Waals surface area contributed by atoms with Gasteiger partial charge in [-0.1, -0.05) is 0 Å². The Hall–Kier alpha value is -2.18. The van der Waals surface area contributed by atoms with Crippen molar-refractivity contribution in [1.29, 1.82) is 0 Å². The molecular weight excluding hydrogens is 265 g/mol. The maximum atomic E-state index is 13.0. The predicted octanol–water partition coefficient (Wildman–Crippen LogP) is 2.16. The minimum atomic E-state index is -0.680. The first kappa shape index (κ1) is 14.2. The standard InChI is InChI=1S/C13H16FN3O3/c1-9(13(18)16-6-2-3-7-16)15-11-5-4-10(14)8-12(11)17(19)20/h4-5,8-9,15H,2-3,6-7H2,1H3. The second-order valence-electron chi connectivity index (χ2n) is 4.82. The van der Waals surface area contributed by atoms with Gasteiger partial charge in [0.25, 0.3) is 5.69 Å². The summed E-state index contributed by atoms with van der Waals surface area (Å²) in [5.74, 6) is -0.776. The lowest BCUT2D eigenvalue weighted by molar-refractivity contribution is -0.384. The van der Waals surface area contributed by atoms with Gasteiger partial charge < -0.3 is 10.2 Å². The molecule has 1 aromatic rings. The molecule has 1 amide bonds. The van der Waals surface area contributed by atoms with Crippen LogP contribution >= 0.6 is 0 Å². The summed E-state index contributed by atoms with van der Waals surface area (Å²) in [5.41, 5.74) is -0.220. The normalized spacial score (nSPS) is 16.0. The van der Waals surface area contributed by atoms with Crippen molar-refractivity contribution < 1.29 is 14.1 Å². The Morgan fingerprint density at radius 1 is 1.45 bits per heavy atom. The number of benzene rings is 1. The fourth-order valence-electron chi connectivity index (χ4n) is 2.28. The summed E-state index contributed by atoms with van der Waals surface area (Å²) >= 11 is 0.